The molecule has 0 spiro atoms. The van der Waals surface area contributed by atoms with Crippen molar-refractivity contribution in [3.05, 3.63) is 23.0 Å². The molecule has 2 aromatic rings. The molecule has 28 heavy (non-hydrogen) atoms. The molecule has 2 N–H and O–H groups in total. The summed E-state index contributed by atoms with van der Waals surface area (Å²) in [5.41, 5.74) is 0.645. The normalized spacial score (nSPS) is 14.2. The number of nitrogens with zero attached hydrogens (tertiary/aromatic N) is 2. The monoisotopic (exact) mass is 430 g/mol. The summed E-state index contributed by atoms with van der Waals surface area (Å²) < 4.78 is 15.8. The van der Waals surface area contributed by atoms with Crippen molar-refractivity contribution in [2.24, 2.45) is 0 Å². The fourth-order valence-electron chi connectivity index (χ4n) is 3.01. The summed E-state index contributed by atoms with van der Waals surface area (Å²) in [6.07, 6.45) is 2.59. The van der Waals surface area contributed by atoms with Crippen LogP contribution in [0.15, 0.2) is 16.7 Å². The molecular formula is C18H24Cl2N4O4. The van der Waals surface area contributed by atoms with Crippen LogP contribution in [0.3, 0.4) is 0 Å². The van der Waals surface area contributed by atoms with E-state index in [1.165, 1.54) is 14.2 Å². The van der Waals surface area contributed by atoms with Crippen molar-refractivity contribution in [3.63, 3.8) is 0 Å². The number of amides is 1. The van der Waals surface area contributed by atoms with Gasteiger partial charge in [-0.2, -0.15) is 4.98 Å². The summed E-state index contributed by atoms with van der Waals surface area (Å²) in [6.45, 7) is 1.87. The Hall–Kier alpha value is -2.03. The maximum Gasteiger partial charge on any atom is 0.227 e. The molecule has 0 aliphatic carbocycles. The molecular weight excluding hydrogens is 407 g/mol. The van der Waals surface area contributed by atoms with Gasteiger partial charge in [0.2, 0.25) is 17.6 Å². The first-order valence-corrected chi connectivity index (χ1v) is 9.23. The highest BCUT2D eigenvalue weighted by molar-refractivity contribution is 6.32. The van der Waals surface area contributed by atoms with E-state index in [0.717, 1.165) is 25.9 Å². The van der Waals surface area contributed by atoms with Gasteiger partial charge in [-0.1, -0.05) is 16.8 Å². The van der Waals surface area contributed by atoms with Crippen LogP contribution in [-0.2, 0) is 11.2 Å². The highest BCUT2D eigenvalue weighted by atomic mass is 35.5. The maximum absolute atomic E-state index is 12.1. The lowest BCUT2D eigenvalue weighted by Gasteiger charge is -2.23. The fourth-order valence-corrected chi connectivity index (χ4v) is 3.30. The zero-order chi connectivity index (χ0) is 19.2. The zero-order valence-electron chi connectivity index (χ0n) is 15.8. The van der Waals surface area contributed by atoms with E-state index in [1.807, 2.05) is 0 Å². The minimum Gasteiger partial charge on any atom is -0.493 e. The fraction of sp³-hybridized carbons (Fsp3) is 0.500. The molecule has 154 valence electrons. The summed E-state index contributed by atoms with van der Waals surface area (Å²) >= 11 is 6.22. The van der Waals surface area contributed by atoms with Crippen LogP contribution >= 0.6 is 24.0 Å². The third-order valence-corrected chi connectivity index (χ3v) is 4.71. The van der Waals surface area contributed by atoms with Crippen molar-refractivity contribution >= 4 is 29.9 Å². The Morgan fingerprint density at radius 3 is 2.75 bits per heavy atom. The number of carbonyl (C=O) groups is 1. The minimum atomic E-state index is -0.00388. The van der Waals surface area contributed by atoms with Gasteiger partial charge >= 0.3 is 0 Å². The largest absolute Gasteiger partial charge is 0.493 e. The van der Waals surface area contributed by atoms with Gasteiger partial charge in [-0.3, -0.25) is 4.79 Å². The highest BCUT2D eigenvalue weighted by Gasteiger charge is 2.18. The SMILES string of the molecule is COc1cc(-c2noc(CCC(=O)NC3CCNCC3)n2)cc(Cl)c1OC.Cl. The Morgan fingerprint density at radius 2 is 2.07 bits per heavy atom. The number of hydrogen-bond donors (Lipinski definition) is 2. The first-order chi connectivity index (χ1) is 13.1. The van der Waals surface area contributed by atoms with Crippen LogP contribution in [0, 0.1) is 0 Å². The second kappa shape index (κ2) is 10.5. The second-order valence-corrected chi connectivity index (χ2v) is 6.70. The smallest absolute Gasteiger partial charge is 0.227 e. The lowest BCUT2D eigenvalue weighted by molar-refractivity contribution is -0.122. The molecule has 2 heterocycles. The molecule has 1 aromatic carbocycles. The van der Waals surface area contributed by atoms with Crippen molar-refractivity contribution in [3.8, 4) is 22.9 Å². The maximum atomic E-state index is 12.1. The number of hydrogen-bond acceptors (Lipinski definition) is 7. The van der Waals surface area contributed by atoms with Crippen LogP contribution in [0.25, 0.3) is 11.4 Å². The molecule has 1 aliphatic heterocycles. The van der Waals surface area contributed by atoms with E-state index in [2.05, 4.69) is 20.8 Å². The third kappa shape index (κ3) is 5.50. The third-order valence-electron chi connectivity index (χ3n) is 4.43. The van der Waals surface area contributed by atoms with Crippen molar-refractivity contribution in [1.82, 2.24) is 20.8 Å². The van der Waals surface area contributed by atoms with E-state index in [1.54, 1.807) is 12.1 Å². The Balaban J connectivity index is 0.00000280. The van der Waals surface area contributed by atoms with Gasteiger partial charge in [0.25, 0.3) is 0 Å². The van der Waals surface area contributed by atoms with Crippen LogP contribution in [0.5, 0.6) is 11.5 Å². The number of benzene rings is 1. The number of piperidine rings is 1. The van der Waals surface area contributed by atoms with E-state index in [9.17, 15) is 4.79 Å². The molecule has 0 atom stereocenters. The van der Waals surface area contributed by atoms with Gasteiger partial charge in [-0.15, -0.1) is 12.4 Å². The number of nitrogens with one attached hydrogen (secondary N) is 2. The van der Waals surface area contributed by atoms with Gasteiger partial charge in [-0.05, 0) is 38.1 Å². The Bertz CT molecular complexity index is 794. The summed E-state index contributed by atoms with van der Waals surface area (Å²) in [6, 6.07) is 3.65. The Morgan fingerprint density at radius 1 is 1.32 bits per heavy atom. The number of halogens is 2. The Kier molecular flexibility index (Phi) is 8.35. The number of aromatic nitrogens is 2. The molecule has 0 saturated carbocycles. The van der Waals surface area contributed by atoms with Gasteiger partial charge in [0.15, 0.2) is 11.5 Å². The number of aryl methyl sites for hydroxylation is 1. The summed E-state index contributed by atoms with van der Waals surface area (Å²) in [4.78, 5) is 16.4. The van der Waals surface area contributed by atoms with E-state index >= 15 is 0 Å². The lowest BCUT2D eigenvalue weighted by atomic mass is 10.1. The topological polar surface area (TPSA) is 98.5 Å². The average Bonchev–Trinajstić information content (AvgIpc) is 3.15. The van der Waals surface area contributed by atoms with Crippen LogP contribution < -0.4 is 20.1 Å². The average molecular weight is 431 g/mol. The molecule has 1 fully saturated rings. The van der Waals surface area contributed by atoms with Crippen LogP contribution in [0.2, 0.25) is 5.02 Å². The standard InChI is InChI=1S/C18H23ClN4O4.ClH/c1-25-14-10-11(9-13(19)17(14)26-2)18-22-16(27-23-18)4-3-15(24)21-12-5-7-20-8-6-12;/h9-10,12,20H,3-8H2,1-2H3,(H,21,24);1H. The summed E-state index contributed by atoms with van der Waals surface area (Å²) in [7, 11) is 3.05. The first kappa shape index (κ1) is 22.3. The van der Waals surface area contributed by atoms with Gasteiger partial charge in [0.1, 0.15) is 0 Å². The van der Waals surface area contributed by atoms with Crippen molar-refractivity contribution in [2.75, 3.05) is 27.3 Å². The van der Waals surface area contributed by atoms with Crippen LogP contribution in [0.1, 0.15) is 25.2 Å². The van der Waals surface area contributed by atoms with Crippen molar-refractivity contribution in [1.29, 1.82) is 0 Å². The number of methoxy groups -OCH3 is 2. The van der Waals surface area contributed by atoms with E-state index < -0.39 is 0 Å². The molecule has 1 amide bonds. The van der Waals surface area contributed by atoms with Crippen LogP contribution in [0.4, 0.5) is 0 Å². The second-order valence-electron chi connectivity index (χ2n) is 6.30. The molecule has 0 bridgehead atoms. The molecule has 8 nitrogen and oxygen atoms in total. The van der Waals surface area contributed by atoms with E-state index in [0.29, 0.717) is 46.6 Å². The molecule has 3 rings (SSSR count). The number of carbonyl (C=O) groups excluding carboxylic acids is 1. The van der Waals surface area contributed by atoms with Crippen molar-refractivity contribution in [2.45, 2.75) is 31.7 Å². The highest BCUT2D eigenvalue weighted by Crippen LogP contribution is 2.38. The zero-order valence-corrected chi connectivity index (χ0v) is 17.4. The lowest BCUT2D eigenvalue weighted by Crippen LogP contribution is -2.42. The molecule has 1 aromatic heterocycles. The molecule has 1 saturated heterocycles. The van der Waals surface area contributed by atoms with Gasteiger partial charge in [0.05, 0.1) is 19.2 Å². The number of ether oxygens (including phenoxy) is 2. The molecule has 10 heteroatoms. The Labute approximate surface area is 174 Å². The summed E-state index contributed by atoms with van der Waals surface area (Å²) in [5, 5.41) is 10.7. The minimum absolute atomic E-state index is 0. The predicted molar refractivity (Wildman–Crippen MR) is 107 cm³/mol. The summed E-state index contributed by atoms with van der Waals surface area (Å²) in [5.74, 6) is 1.70. The first-order valence-electron chi connectivity index (χ1n) is 8.85. The van der Waals surface area contributed by atoms with Crippen LogP contribution in [-0.4, -0.2) is 49.4 Å². The van der Waals surface area contributed by atoms with E-state index in [4.69, 9.17) is 25.6 Å². The molecule has 1 aliphatic rings. The van der Waals surface area contributed by atoms with Gasteiger partial charge in [0, 0.05) is 24.4 Å². The van der Waals surface area contributed by atoms with E-state index in [-0.39, 0.29) is 24.4 Å². The van der Waals surface area contributed by atoms with Gasteiger partial charge in [-0.25, -0.2) is 0 Å². The predicted octanol–water partition coefficient (Wildman–Crippen LogP) is 2.63. The molecule has 0 unspecified atom stereocenters. The van der Waals surface area contributed by atoms with Crippen molar-refractivity contribution < 1.29 is 18.8 Å². The molecule has 0 radical (unpaired) electrons. The number of rotatable bonds is 7. The quantitative estimate of drug-likeness (QED) is 0.696. The van der Waals surface area contributed by atoms with Gasteiger partial charge < -0.3 is 24.6 Å².